The Kier molecular flexibility index (Phi) is 1.90. The molecule has 0 radical (unpaired) electrons. The molecule has 2 nitrogen and oxygen atoms in total. The highest BCUT2D eigenvalue weighted by Crippen LogP contribution is 2.31. The minimum atomic E-state index is 0.823. The maximum absolute atomic E-state index is 6.01. The Morgan fingerprint density at radius 2 is 1.94 bits per heavy atom. The molecule has 3 rings (SSSR count). The van der Waals surface area contributed by atoms with Gasteiger partial charge in [0, 0.05) is 16.3 Å². The molecule has 0 aliphatic rings. The van der Waals surface area contributed by atoms with Crippen molar-refractivity contribution in [2.45, 2.75) is 13.3 Å². The molecule has 0 aliphatic carbocycles. The third-order valence-corrected chi connectivity index (χ3v) is 3.16. The van der Waals surface area contributed by atoms with E-state index in [-0.39, 0.29) is 0 Å². The van der Waals surface area contributed by atoms with E-state index in [0.717, 1.165) is 23.1 Å². The van der Waals surface area contributed by atoms with Gasteiger partial charge < -0.3 is 10.7 Å². The van der Waals surface area contributed by atoms with Crippen molar-refractivity contribution in [3.05, 3.63) is 42.0 Å². The van der Waals surface area contributed by atoms with Crippen LogP contribution in [0.25, 0.3) is 21.8 Å². The summed E-state index contributed by atoms with van der Waals surface area (Å²) in [6, 6.07) is 12.5. The Hall–Kier alpha value is -1.96. The van der Waals surface area contributed by atoms with E-state index in [1.165, 1.54) is 16.3 Å². The predicted octanol–water partition coefficient (Wildman–Crippen LogP) is 3.47. The first-order valence-corrected chi connectivity index (χ1v) is 5.59. The zero-order valence-electron chi connectivity index (χ0n) is 9.25. The molecule has 0 fully saturated rings. The molecule has 0 atom stereocenters. The molecule has 1 aromatic heterocycles. The fourth-order valence-electron chi connectivity index (χ4n) is 2.34. The highest BCUT2D eigenvalue weighted by atomic mass is 14.7. The van der Waals surface area contributed by atoms with Gasteiger partial charge in [-0.2, -0.15) is 0 Å². The average molecular weight is 210 g/mol. The Morgan fingerprint density at radius 1 is 1.12 bits per heavy atom. The van der Waals surface area contributed by atoms with Gasteiger partial charge in [-0.05, 0) is 24.1 Å². The first-order chi connectivity index (χ1) is 7.81. The summed E-state index contributed by atoms with van der Waals surface area (Å²) in [7, 11) is 0. The normalized spacial score (nSPS) is 11.3. The van der Waals surface area contributed by atoms with Crippen molar-refractivity contribution in [3.63, 3.8) is 0 Å². The SMILES string of the molecule is CCc1ccc(N)c2[nH]c3ccccc3c12. The van der Waals surface area contributed by atoms with Gasteiger partial charge in [0.1, 0.15) is 0 Å². The number of nitrogen functional groups attached to an aromatic ring is 1. The second-order valence-corrected chi connectivity index (χ2v) is 4.09. The fourth-order valence-corrected chi connectivity index (χ4v) is 2.34. The van der Waals surface area contributed by atoms with Crippen LogP contribution in [-0.2, 0) is 6.42 Å². The molecule has 3 N–H and O–H groups in total. The third-order valence-electron chi connectivity index (χ3n) is 3.16. The quantitative estimate of drug-likeness (QED) is 0.593. The summed E-state index contributed by atoms with van der Waals surface area (Å²) >= 11 is 0. The van der Waals surface area contributed by atoms with Crippen LogP contribution in [0, 0.1) is 0 Å². The number of hydrogen-bond acceptors (Lipinski definition) is 1. The molecule has 2 aromatic carbocycles. The standard InChI is InChI=1S/C14H14N2/c1-2-9-7-8-11(15)14-13(9)10-5-3-4-6-12(10)16-14/h3-8,16H,2,15H2,1H3. The number of aromatic nitrogens is 1. The second kappa shape index (κ2) is 3.27. The number of hydrogen-bond donors (Lipinski definition) is 2. The molecule has 0 saturated carbocycles. The molecule has 1 heterocycles. The van der Waals surface area contributed by atoms with Gasteiger partial charge in [-0.1, -0.05) is 31.2 Å². The van der Waals surface area contributed by atoms with E-state index in [0.29, 0.717) is 0 Å². The topological polar surface area (TPSA) is 41.8 Å². The first-order valence-electron chi connectivity index (χ1n) is 5.59. The van der Waals surface area contributed by atoms with Gasteiger partial charge in [0.05, 0.1) is 11.2 Å². The van der Waals surface area contributed by atoms with E-state index in [9.17, 15) is 0 Å². The van der Waals surface area contributed by atoms with Crippen molar-refractivity contribution >= 4 is 27.5 Å². The van der Waals surface area contributed by atoms with E-state index in [1.807, 2.05) is 12.1 Å². The molecule has 0 bridgehead atoms. The highest BCUT2D eigenvalue weighted by Gasteiger charge is 2.09. The van der Waals surface area contributed by atoms with E-state index in [2.05, 4.69) is 36.2 Å². The van der Waals surface area contributed by atoms with Crippen LogP contribution in [0.5, 0.6) is 0 Å². The summed E-state index contributed by atoms with van der Waals surface area (Å²) in [5.41, 5.74) is 10.4. The molecule has 80 valence electrons. The number of anilines is 1. The summed E-state index contributed by atoms with van der Waals surface area (Å²) in [5.74, 6) is 0. The van der Waals surface area contributed by atoms with Crippen molar-refractivity contribution in [1.29, 1.82) is 0 Å². The Balaban J connectivity index is 2.59. The van der Waals surface area contributed by atoms with Gasteiger partial charge in [-0.25, -0.2) is 0 Å². The number of aromatic amines is 1. The number of nitrogens with one attached hydrogen (secondary N) is 1. The summed E-state index contributed by atoms with van der Waals surface area (Å²) < 4.78 is 0. The molecule has 0 unspecified atom stereocenters. The Labute approximate surface area is 94.1 Å². The molecule has 0 spiro atoms. The molecule has 0 amide bonds. The molecule has 0 saturated heterocycles. The number of rotatable bonds is 1. The zero-order valence-corrected chi connectivity index (χ0v) is 9.25. The summed E-state index contributed by atoms with van der Waals surface area (Å²) in [4.78, 5) is 3.40. The van der Waals surface area contributed by atoms with Gasteiger partial charge in [0.2, 0.25) is 0 Å². The Bertz CT molecular complexity index is 665. The van der Waals surface area contributed by atoms with E-state index >= 15 is 0 Å². The van der Waals surface area contributed by atoms with Gasteiger partial charge in [0.25, 0.3) is 0 Å². The van der Waals surface area contributed by atoms with Crippen LogP contribution in [0.2, 0.25) is 0 Å². The first kappa shape index (κ1) is 9.28. The molecule has 2 heteroatoms. The number of fused-ring (bicyclic) bond motifs is 3. The number of H-pyrrole nitrogens is 1. The van der Waals surface area contributed by atoms with Crippen LogP contribution in [0.3, 0.4) is 0 Å². The lowest BCUT2D eigenvalue weighted by molar-refractivity contribution is 1.16. The number of nitrogens with two attached hydrogens (primary N) is 1. The second-order valence-electron chi connectivity index (χ2n) is 4.09. The maximum Gasteiger partial charge on any atom is 0.0701 e. The molecule has 16 heavy (non-hydrogen) atoms. The van der Waals surface area contributed by atoms with Crippen LogP contribution in [0.4, 0.5) is 5.69 Å². The third kappa shape index (κ3) is 1.13. The highest BCUT2D eigenvalue weighted by molar-refractivity contribution is 6.12. The lowest BCUT2D eigenvalue weighted by Crippen LogP contribution is -1.89. The number of benzene rings is 2. The minimum Gasteiger partial charge on any atom is -0.397 e. The lowest BCUT2D eigenvalue weighted by Gasteiger charge is -2.02. The molecular weight excluding hydrogens is 196 g/mol. The smallest absolute Gasteiger partial charge is 0.0701 e. The predicted molar refractivity (Wildman–Crippen MR) is 69.6 cm³/mol. The van der Waals surface area contributed by atoms with E-state index < -0.39 is 0 Å². The minimum absolute atomic E-state index is 0.823. The largest absolute Gasteiger partial charge is 0.397 e. The fraction of sp³-hybridized carbons (Fsp3) is 0.143. The van der Waals surface area contributed by atoms with Crippen LogP contribution in [0.15, 0.2) is 36.4 Å². The molecular formula is C14H14N2. The van der Waals surface area contributed by atoms with Crippen LogP contribution >= 0.6 is 0 Å². The van der Waals surface area contributed by atoms with Gasteiger partial charge >= 0.3 is 0 Å². The van der Waals surface area contributed by atoms with Gasteiger partial charge in [-0.3, -0.25) is 0 Å². The van der Waals surface area contributed by atoms with Gasteiger partial charge in [-0.15, -0.1) is 0 Å². The van der Waals surface area contributed by atoms with Crippen molar-refractivity contribution in [2.24, 2.45) is 0 Å². The van der Waals surface area contributed by atoms with E-state index in [1.54, 1.807) is 0 Å². The average Bonchev–Trinajstić information content (AvgIpc) is 2.70. The summed E-state index contributed by atoms with van der Waals surface area (Å²) in [6.07, 6.45) is 1.03. The van der Waals surface area contributed by atoms with Crippen molar-refractivity contribution in [2.75, 3.05) is 5.73 Å². The summed E-state index contributed by atoms with van der Waals surface area (Å²) in [5, 5.41) is 2.54. The van der Waals surface area contributed by atoms with Crippen LogP contribution < -0.4 is 5.73 Å². The molecule has 3 aromatic rings. The van der Waals surface area contributed by atoms with Crippen LogP contribution in [-0.4, -0.2) is 4.98 Å². The lowest BCUT2D eigenvalue weighted by atomic mass is 10.0. The van der Waals surface area contributed by atoms with E-state index in [4.69, 9.17) is 5.73 Å². The maximum atomic E-state index is 6.01. The van der Waals surface area contributed by atoms with Crippen molar-refractivity contribution in [1.82, 2.24) is 4.98 Å². The summed E-state index contributed by atoms with van der Waals surface area (Å²) in [6.45, 7) is 2.17. The van der Waals surface area contributed by atoms with Crippen LogP contribution in [0.1, 0.15) is 12.5 Å². The number of aryl methyl sites for hydroxylation is 1. The number of para-hydroxylation sites is 1. The van der Waals surface area contributed by atoms with Crippen molar-refractivity contribution in [3.8, 4) is 0 Å². The Morgan fingerprint density at radius 3 is 2.75 bits per heavy atom. The monoisotopic (exact) mass is 210 g/mol. The van der Waals surface area contributed by atoms with Gasteiger partial charge in [0.15, 0.2) is 0 Å². The van der Waals surface area contributed by atoms with Crippen molar-refractivity contribution < 1.29 is 0 Å². The zero-order chi connectivity index (χ0) is 11.1. The molecule has 0 aliphatic heterocycles.